The van der Waals surface area contributed by atoms with Gasteiger partial charge < -0.3 is 9.13 Å². The lowest BCUT2D eigenvalue weighted by Crippen LogP contribution is -2.16. The molecule has 0 N–H and O–H groups in total. The zero-order chi connectivity index (χ0) is 56.1. The SMILES string of the molecule is N#Cc1c(-n2c3ccccc3c3cc4c(cc32)sc2ccccc24)c(-n2c3ccccc3c3cc(C(F)(F)F)ccc32)nc(-n2c3ccccc3c3cc4c(cc32)sc2ccccc24)c1-n1c2ccccc2c2cc3c(cc21)sc1ccccc13. The van der Waals surface area contributed by atoms with E-state index >= 15 is 0 Å². The molecule has 0 amide bonds. The third-order valence-electron chi connectivity index (χ3n) is 17.6. The minimum Gasteiger partial charge on any atom is -0.305 e. The van der Waals surface area contributed by atoms with Crippen molar-refractivity contribution in [2.45, 2.75) is 6.18 Å². The number of fused-ring (bicyclic) bond motifs is 21. The van der Waals surface area contributed by atoms with E-state index in [-0.39, 0.29) is 0 Å². The lowest BCUT2D eigenvalue weighted by molar-refractivity contribution is -0.137. The average Bonchev–Trinajstić information content (AvgIpc) is 2.34. The van der Waals surface area contributed by atoms with Gasteiger partial charge in [0.15, 0.2) is 11.6 Å². The maximum atomic E-state index is 15.0. The highest BCUT2D eigenvalue weighted by Crippen LogP contribution is 2.50. The molecule has 0 unspecified atom stereocenters. The third kappa shape index (κ3) is 6.38. The summed E-state index contributed by atoms with van der Waals surface area (Å²) >= 11 is 5.21. The molecule has 85 heavy (non-hydrogen) atoms. The van der Waals surface area contributed by atoms with E-state index in [1.165, 1.54) is 26.2 Å². The minimum absolute atomic E-state index is 0.324. The van der Waals surface area contributed by atoms with Crippen molar-refractivity contribution in [3.8, 4) is 29.1 Å². The number of pyridine rings is 1. The van der Waals surface area contributed by atoms with Gasteiger partial charge in [0.2, 0.25) is 0 Å². The predicted octanol–water partition coefficient (Wildman–Crippen LogP) is 21.5. The molecule has 398 valence electrons. The van der Waals surface area contributed by atoms with Crippen molar-refractivity contribution >= 4 is 182 Å². The second-order valence-corrected chi connectivity index (χ2v) is 25.2. The van der Waals surface area contributed by atoms with Crippen LogP contribution >= 0.6 is 34.0 Å². The van der Waals surface area contributed by atoms with E-state index in [0.717, 1.165) is 112 Å². The van der Waals surface area contributed by atoms with Crippen molar-refractivity contribution in [3.05, 3.63) is 236 Å². The molecule has 0 bridgehead atoms. The second kappa shape index (κ2) is 16.9. The van der Waals surface area contributed by atoms with E-state index in [1.807, 2.05) is 41.0 Å². The molecule has 0 spiro atoms. The monoisotopic (exact) mass is 1150 g/mol. The van der Waals surface area contributed by atoms with E-state index in [2.05, 4.69) is 190 Å². The molecule has 0 aliphatic carbocycles. The molecule has 0 atom stereocenters. The fourth-order valence-electron chi connectivity index (χ4n) is 14.0. The normalized spacial score (nSPS) is 12.6. The molecule has 0 aliphatic rings. The maximum Gasteiger partial charge on any atom is 0.416 e. The Labute approximate surface area is 491 Å². The van der Waals surface area contributed by atoms with Crippen LogP contribution in [0.1, 0.15) is 11.1 Å². The van der Waals surface area contributed by atoms with Crippen molar-refractivity contribution in [3.63, 3.8) is 0 Å². The van der Waals surface area contributed by atoms with Crippen LogP contribution in [0.3, 0.4) is 0 Å². The molecule has 19 aromatic rings. The first-order valence-corrected chi connectivity index (χ1v) is 30.3. The van der Waals surface area contributed by atoms with Crippen LogP contribution in [0.15, 0.2) is 224 Å². The summed E-state index contributed by atoms with van der Waals surface area (Å²) in [5.74, 6) is 0.855. The first kappa shape index (κ1) is 47.2. The van der Waals surface area contributed by atoms with Crippen LogP contribution in [0.25, 0.3) is 171 Å². The van der Waals surface area contributed by atoms with E-state index in [1.54, 1.807) is 40.1 Å². The van der Waals surface area contributed by atoms with Crippen molar-refractivity contribution in [1.82, 2.24) is 23.3 Å². The summed E-state index contributed by atoms with van der Waals surface area (Å²) in [5, 5.41) is 26.9. The van der Waals surface area contributed by atoms with Gasteiger partial charge in [-0.2, -0.15) is 18.4 Å². The summed E-state index contributed by atoms with van der Waals surface area (Å²) in [6.45, 7) is 0. The van der Waals surface area contributed by atoms with Crippen LogP contribution in [0.2, 0.25) is 0 Å². The maximum absolute atomic E-state index is 15.0. The van der Waals surface area contributed by atoms with Gasteiger partial charge >= 0.3 is 6.18 Å². The Morgan fingerprint density at radius 2 is 0.624 bits per heavy atom. The number of hydrogen-bond acceptors (Lipinski definition) is 5. The van der Waals surface area contributed by atoms with Gasteiger partial charge in [-0.05, 0) is 97.1 Å². The van der Waals surface area contributed by atoms with Crippen LogP contribution in [-0.2, 0) is 6.18 Å². The fraction of sp³-hybridized carbons (Fsp3) is 0.0137. The van der Waals surface area contributed by atoms with E-state index in [4.69, 9.17) is 4.98 Å². The Morgan fingerprint density at radius 1 is 0.306 bits per heavy atom. The van der Waals surface area contributed by atoms with E-state index in [9.17, 15) is 18.4 Å². The van der Waals surface area contributed by atoms with E-state index in [0.29, 0.717) is 50.4 Å². The summed E-state index contributed by atoms with van der Waals surface area (Å²) in [6, 6.07) is 78.9. The Kier molecular flexibility index (Phi) is 9.41. The molecule has 19 rings (SSSR count). The highest BCUT2D eigenvalue weighted by atomic mass is 32.1. The Hall–Kier alpha value is -10.3. The lowest BCUT2D eigenvalue weighted by atomic mass is 10.1. The van der Waals surface area contributed by atoms with Gasteiger partial charge in [-0.1, -0.05) is 127 Å². The van der Waals surface area contributed by atoms with Crippen LogP contribution in [-0.4, -0.2) is 23.3 Å². The van der Waals surface area contributed by atoms with Crippen LogP contribution < -0.4 is 0 Å². The number of nitrogens with zero attached hydrogens (tertiary/aromatic N) is 6. The number of alkyl halides is 3. The Bertz CT molecular complexity index is 6250. The third-order valence-corrected chi connectivity index (χ3v) is 21.0. The van der Waals surface area contributed by atoms with Gasteiger partial charge in [0.1, 0.15) is 23.0 Å². The zero-order valence-electron chi connectivity index (χ0n) is 44.4. The summed E-state index contributed by atoms with van der Waals surface area (Å²) in [6.07, 6.45) is -4.61. The van der Waals surface area contributed by atoms with E-state index < -0.39 is 11.7 Å². The van der Waals surface area contributed by atoms with Gasteiger partial charge in [-0.15, -0.1) is 34.0 Å². The molecule has 6 nitrogen and oxygen atoms in total. The van der Waals surface area contributed by atoms with Crippen LogP contribution in [0.4, 0.5) is 13.2 Å². The quantitative estimate of drug-likeness (QED) is 0.176. The number of aromatic nitrogens is 5. The molecule has 8 aromatic heterocycles. The standard InChI is InChI=1S/C73H37F3N6S3/c74-73(75,76)39-29-30-59-47(31-39)40-15-3-10-24-57(40)81(59)71-69(79-55-22-8-1-16-41(55)48-32-51-44-19-5-12-26-63(44)83-66(51)35-60(48)79)54(38-77)70(80-56-23-9-2-17-42(56)49-33-52-45-20-6-13-27-64(45)84-67(52)36-61(49)80)72(78-71)82-58-25-11-4-18-43(58)50-34-53-46-21-7-14-28-65(46)85-68(53)37-62(50)82/h1-37H. The molecule has 0 radical (unpaired) electrons. The van der Waals surface area contributed by atoms with Gasteiger partial charge in [-0.3, -0.25) is 9.13 Å². The summed E-state index contributed by atoms with van der Waals surface area (Å²) < 4.78 is 60.4. The topological polar surface area (TPSA) is 56.4 Å². The number of benzene rings is 11. The first-order valence-electron chi connectivity index (χ1n) is 27.9. The van der Waals surface area contributed by atoms with Gasteiger partial charge in [-0.25, -0.2) is 4.98 Å². The predicted molar refractivity (Wildman–Crippen MR) is 350 cm³/mol. The van der Waals surface area contributed by atoms with Crippen LogP contribution in [0, 0.1) is 11.3 Å². The number of nitriles is 1. The molecule has 8 heterocycles. The van der Waals surface area contributed by atoms with Gasteiger partial charge in [0, 0.05) is 104 Å². The highest BCUT2D eigenvalue weighted by Gasteiger charge is 2.35. The lowest BCUT2D eigenvalue weighted by Gasteiger charge is -2.24. The van der Waals surface area contributed by atoms with Gasteiger partial charge in [0.25, 0.3) is 0 Å². The number of halogens is 3. The fourth-order valence-corrected chi connectivity index (χ4v) is 17.4. The Morgan fingerprint density at radius 3 is 1.01 bits per heavy atom. The molecule has 0 saturated carbocycles. The molecule has 0 saturated heterocycles. The molecular formula is C73H37F3N6S3. The summed E-state index contributed by atoms with van der Waals surface area (Å²) in [5.41, 5.74) is 7.02. The molecular weight excluding hydrogens is 1110 g/mol. The molecule has 0 fully saturated rings. The van der Waals surface area contributed by atoms with Crippen molar-refractivity contribution < 1.29 is 13.2 Å². The highest BCUT2D eigenvalue weighted by molar-refractivity contribution is 7.26. The second-order valence-electron chi connectivity index (χ2n) is 22.0. The summed E-state index contributed by atoms with van der Waals surface area (Å²) in [7, 11) is 0. The number of thiophene rings is 3. The van der Waals surface area contributed by atoms with Gasteiger partial charge in [0.05, 0.1) is 49.7 Å². The largest absolute Gasteiger partial charge is 0.416 e. The summed E-state index contributed by atoms with van der Waals surface area (Å²) in [4.78, 5) is 6.21. The Balaban J connectivity index is 1.07. The first-order chi connectivity index (χ1) is 41.8. The molecule has 0 aliphatic heterocycles. The average molecular weight is 1150 g/mol. The van der Waals surface area contributed by atoms with Crippen molar-refractivity contribution in [2.24, 2.45) is 0 Å². The minimum atomic E-state index is -4.61. The number of hydrogen-bond donors (Lipinski definition) is 0. The van der Waals surface area contributed by atoms with Crippen molar-refractivity contribution in [2.75, 3.05) is 0 Å². The zero-order valence-corrected chi connectivity index (χ0v) is 46.9. The molecule has 11 aromatic carbocycles. The molecule has 12 heteroatoms. The number of rotatable bonds is 4. The van der Waals surface area contributed by atoms with Crippen molar-refractivity contribution in [1.29, 1.82) is 5.26 Å². The smallest absolute Gasteiger partial charge is 0.305 e. The van der Waals surface area contributed by atoms with Crippen LogP contribution in [0.5, 0.6) is 0 Å². The number of para-hydroxylation sites is 4.